The first-order valence-corrected chi connectivity index (χ1v) is 5.58. The Morgan fingerprint density at radius 1 is 1.47 bits per heavy atom. The van der Waals surface area contributed by atoms with E-state index < -0.39 is 0 Å². The third-order valence-corrected chi connectivity index (χ3v) is 3.30. The monoisotopic (exact) mass is 237 g/mol. The van der Waals surface area contributed by atoms with Gasteiger partial charge in [-0.3, -0.25) is 4.79 Å². The average Bonchev–Trinajstić information content (AvgIpc) is 2.51. The number of halogens is 1. The number of ether oxygens (including phenoxy) is 1. The molecule has 1 aliphatic heterocycles. The normalized spacial score (nSPS) is 22.4. The predicted molar refractivity (Wildman–Crippen MR) is 62.5 cm³/mol. The number of benzene rings is 1. The summed E-state index contributed by atoms with van der Waals surface area (Å²) >= 11 is 0. The molecule has 0 saturated carbocycles. The lowest BCUT2D eigenvalue weighted by Crippen LogP contribution is -2.38. The van der Waals surface area contributed by atoms with Crippen molar-refractivity contribution in [1.29, 1.82) is 0 Å². The number of hydrogen-bond donors (Lipinski definition) is 1. The predicted octanol–water partition coefficient (Wildman–Crippen LogP) is 2.22. The molecule has 0 aromatic heterocycles. The van der Waals surface area contributed by atoms with Crippen LogP contribution in [0.2, 0.25) is 0 Å². The SMILES string of the molecule is COc1ccc(C2CC(=O)NC2(C)C)cc1F. The van der Waals surface area contributed by atoms with Gasteiger partial charge in [0.2, 0.25) is 5.91 Å². The number of carbonyl (C=O) groups excluding carboxylic acids is 1. The second kappa shape index (κ2) is 4.02. The molecule has 92 valence electrons. The van der Waals surface area contributed by atoms with Crippen LogP contribution in [0, 0.1) is 5.82 Å². The fourth-order valence-electron chi connectivity index (χ4n) is 2.37. The Morgan fingerprint density at radius 3 is 2.65 bits per heavy atom. The van der Waals surface area contributed by atoms with Gasteiger partial charge in [0.05, 0.1) is 7.11 Å². The van der Waals surface area contributed by atoms with Crippen LogP contribution < -0.4 is 10.1 Å². The van der Waals surface area contributed by atoms with Crippen molar-refractivity contribution in [2.45, 2.75) is 31.7 Å². The van der Waals surface area contributed by atoms with E-state index in [2.05, 4.69) is 5.32 Å². The molecule has 2 rings (SSSR count). The Bertz CT molecular complexity index is 457. The molecule has 1 atom stereocenters. The minimum absolute atomic E-state index is 0.00425. The van der Waals surface area contributed by atoms with E-state index in [1.54, 1.807) is 6.07 Å². The number of methoxy groups -OCH3 is 1. The maximum Gasteiger partial charge on any atom is 0.221 e. The largest absolute Gasteiger partial charge is 0.494 e. The Balaban J connectivity index is 2.35. The molecule has 3 nitrogen and oxygen atoms in total. The van der Waals surface area contributed by atoms with Gasteiger partial charge in [0.15, 0.2) is 11.6 Å². The number of hydrogen-bond acceptors (Lipinski definition) is 2. The van der Waals surface area contributed by atoms with Gasteiger partial charge in [-0.05, 0) is 31.5 Å². The van der Waals surface area contributed by atoms with Crippen molar-refractivity contribution < 1.29 is 13.9 Å². The summed E-state index contributed by atoms with van der Waals surface area (Å²) in [6.07, 6.45) is 0.402. The van der Waals surface area contributed by atoms with Crippen LogP contribution in [0.15, 0.2) is 18.2 Å². The van der Waals surface area contributed by atoms with E-state index >= 15 is 0 Å². The van der Waals surface area contributed by atoms with Crippen LogP contribution in [0.25, 0.3) is 0 Å². The molecule has 1 aliphatic rings. The van der Waals surface area contributed by atoms with Crippen LogP contribution in [0.3, 0.4) is 0 Å². The average molecular weight is 237 g/mol. The second-order valence-corrected chi connectivity index (χ2v) is 4.92. The molecular formula is C13H16FNO2. The highest BCUT2D eigenvalue weighted by Crippen LogP contribution is 2.37. The molecule has 1 saturated heterocycles. The van der Waals surface area contributed by atoms with Crippen molar-refractivity contribution in [1.82, 2.24) is 5.32 Å². The standard InChI is InChI=1S/C13H16FNO2/c1-13(2)9(7-12(16)15-13)8-4-5-11(17-3)10(14)6-8/h4-6,9H,7H2,1-3H3,(H,15,16). The first-order valence-electron chi connectivity index (χ1n) is 5.58. The lowest BCUT2D eigenvalue weighted by molar-refractivity contribution is -0.119. The Hall–Kier alpha value is -1.58. The van der Waals surface area contributed by atoms with E-state index in [1.165, 1.54) is 13.2 Å². The van der Waals surface area contributed by atoms with E-state index in [0.717, 1.165) is 5.56 Å². The number of amides is 1. The van der Waals surface area contributed by atoms with Crippen molar-refractivity contribution >= 4 is 5.91 Å². The summed E-state index contributed by atoms with van der Waals surface area (Å²) in [5, 5.41) is 2.90. The second-order valence-electron chi connectivity index (χ2n) is 4.92. The fraction of sp³-hybridized carbons (Fsp3) is 0.462. The van der Waals surface area contributed by atoms with Crippen LogP contribution in [-0.4, -0.2) is 18.6 Å². The van der Waals surface area contributed by atoms with E-state index in [4.69, 9.17) is 4.74 Å². The molecule has 1 fully saturated rings. The Labute approximate surface area is 100.0 Å². The first-order chi connectivity index (χ1) is 7.94. The number of carbonyl (C=O) groups is 1. The van der Waals surface area contributed by atoms with Gasteiger partial charge in [0.25, 0.3) is 0 Å². The lowest BCUT2D eigenvalue weighted by atomic mass is 9.83. The summed E-state index contributed by atoms with van der Waals surface area (Å²) in [6.45, 7) is 3.90. The molecule has 1 amide bonds. The minimum atomic E-state index is -0.389. The zero-order chi connectivity index (χ0) is 12.6. The van der Waals surface area contributed by atoms with Gasteiger partial charge in [-0.2, -0.15) is 0 Å². The summed E-state index contributed by atoms with van der Waals surface area (Å²) in [4.78, 5) is 11.4. The molecule has 1 N–H and O–H groups in total. The van der Waals surface area contributed by atoms with Gasteiger partial charge in [0, 0.05) is 17.9 Å². The zero-order valence-electron chi connectivity index (χ0n) is 10.2. The van der Waals surface area contributed by atoms with E-state index in [1.807, 2.05) is 19.9 Å². The molecule has 1 aromatic carbocycles. The van der Waals surface area contributed by atoms with Gasteiger partial charge in [0.1, 0.15) is 0 Å². The third kappa shape index (κ3) is 2.12. The van der Waals surface area contributed by atoms with Gasteiger partial charge < -0.3 is 10.1 Å². The summed E-state index contributed by atoms with van der Waals surface area (Å²) in [5.41, 5.74) is 0.490. The van der Waals surface area contributed by atoms with Gasteiger partial charge >= 0.3 is 0 Å². The fourth-order valence-corrected chi connectivity index (χ4v) is 2.37. The molecule has 1 unspecified atom stereocenters. The van der Waals surface area contributed by atoms with Crippen LogP contribution >= 0.6 is 0 Å². The molecule has 1 aromatic rings. The molecule has 17 heavy (non-hydrogen) atoms. The van der Waals surface area contributed by atoms with Crippen LogP contribution in [0.4, 0.5) is 4.39 Å². The van der Waals surface area contributed by atoms with Crippen LogP contribution in [0.5, 0.6) is 5.75 Å². The van der Waals surface area contributed by atoms with Crippen molar-refractivity contribution in [3.8, 4) is 5.75 Å². The number of nitrogens with one attached hydrogen (secondary N) is 1. The van der Waals surface area contributed by atoms with E-state index in [-0.39, 0.29) is 28.9 Å². The molecule has 0 radical (unpaired) electrons. The smallest absolute Gasteiger partial charge is 0.221 e. The molecule has 0 aliphatic carbocycles. The van der Waals surface area contributed by atoms with Gasteiger partial charge in [-0.25, -0.2) is 4.39 Å². The van der Waals surface area contributed by atoms with Crippen LogP contribution in [-0.2, 0) is 4.79 Å². The number of rotatable bonds is 2. The minimum Gasteiger partial charge on any atom is -0.494 e. The van der Waals surface area contributed by atoms with Crippen molar-refractivity contribution in [3.05, 3.63) is 29.6 Å². The zero-order valence-corrected chi connectivity index (χ0v) is 10.2. The summed E-state index contributed by atoms with van der Waals surface area (Å²) in [5.74, 6) is -0.157. The summed E-state index contributed by atoms with van der Waals surface area (Å²) < 4.78 is 18.5. The van der Waals surface area contributed by atoms with Crippen molar-refractivity contribution in [3.63, 3.8) is 0 Å². The Morgan fingerprint density at radius 2 is 2.18 bits per heavy atom. The molecule has 0 spiro atoms. The first kappa shape index (κ1) is 11.9. The molecule has 0 bridgehead atoms. The van der Waals surface area contributed by atoms with Crippen molar-refractivity contribution in [2.75, 3.05) is 7.11 Å². The summed E-state index contributed by atoms with van der Waals surface area (Å²) in [7, 11) is 1.43. The topological polar surface area (TPSA) is 38.3 Å². The molecule has 4 heteroatoms. The molecule has 1 heterocycles. The Kier molecular flexibility index (Phi) is 2.81. The van der Waals surface area contributed by atoms with Crippen LogP contribution in [0.1, 0.15) is 31.7 Å². The van der Waals surface area contributed by atoms with Crippen molar-refractivity contribution in [2.24, 2.45) is 0 Å². The highest BCUT2D eigenvalue weighted by atomic mass is 19.1. The highest BCUT2D eigenvalue weighted by molar-refractivity contribution is 5.81. The molecular weight excluding hydrogens is 221 g/mol. The van der Waals surface area contributed by atoms with E-state index in [0.29, 0.717) is 6.42 Å². The van der Waals surface area contributed by atoms with E-state index in [9.17, 15) is 9.18 Å². The van der Waals surface area contributed by atoms with Gasteiger partial charge in [-0.1, -0.05) is 6.07 Å². The van der Waals surface area contributed by atoms with Gasteiger partial charge in [-0.15, -0.1) is 0 Å². The highest BCUT2D eigenvalue weighted by Gasteiger charge is 2.40. The maximum atomic E-state index is 13.6. The lowest BCUT2D eigenvalue weighted by Gasteiger charge is -2.26. The third-order valence-electron chi connectivity index (χ3n) is 3.30. The maximum absolute atomic E-state index is 13.6. The summed E-state index contributed by atoms with van der Waals surface area (Å²) in [6, 6.07) is 4.86. The quantitative estimate of drug-likeness (QED) is 0.856.